The molecule has 0 aliphatic heterocycles. The Kier molecular flexibility index (Phi) is 3.44. The van der Waals surface area contributed by atoms with Gasteiger partial charge in [-0.05, 0) is 42.6 Å². The van der Waals surface area contributed by atoms with Crippen LogP contribution in [0.4, 0.5) is 0 Å². The van der Waals surface area contributed by atoms with Crippen molar-refractivity contribution in [2.75, 3.05) is 6.54 Å². The van der Waals surface area contributed by atoms with E-state index in [1.165, 1.54) is 12.8 Å². The van der Waals surface area contributed by atoms with Crippen LogP contribution < -0.4 is 5.73 Å². The summed E-state index contributed by atoms with van der Waals surface area (Å²) in [5, 5.41) is 8.78. The molecule has 0 amide bonds. The van der Waals surface area contributed by atoms with E-state index in [2.05, 4.69) is 20.8 Å². The maximum Gasteiger partial charge on any atom is 0.303 e. The fourth-order valence-corrected chi connectivity index (χ4v) is 2.55. The lowest BCUT2D eigenvalue weighted by molar-refractivity contribution is -0.139. The summed E-state index contributed by atoms with van der Waals surface area (Å²) in [7, 11) is 0. The molecule has 1 fully saturated rings. The van der Waals surface area contributed by atoms with Gasteiger partial charge < -0.3 is 10.8 Å². The first-order valence-electron chi connectivity index (χ1n) is 5.72. The Morgan fingerprint density at radius 1 is 1.40 bits per heavy atom. The summed E-state index contributed by atoms with van der Waals surface area (Å²) < 4.78 is 0. The molecule has 0 aromatic rings. The molecular weight excluding hydrogens is 190 g/mol. The Morgan fingerprint density at radius 3 is 2.27 bits per heavy atom. The van der Waals surface area contributed by atoms with Crippen LogP contribution in [0, 0.1) is 16.7 Å². The molecule has 3 heteroatoms. The van der Waals surface area contributed by atoms with Crippen LogP contribution in [0.1, 0.15) is 46.5 Å². The maximum absolute atomic E-state index is 10.7. The van der Waals surface area contributed by atoms with Crippen molar-refractivity contribution in [3.05, 3.63) is 0 Å². The molecule has 1 rings (SSSR count). The third-order valence-electron chi connectivity index (χ3n) is 4.47. The van der Waals surface area contributed by atoms with Gasteiger partial charge in [0.15, 0.2) is 0 Å². The fraction of sp³-hybridized carbons (Fsp3) is 0.917. The number of carboxylic acid groups (broad SMARTS) is 1. The monoisotopic (exact) mass is 213 g/mol. The van der Waals surface area contributed by atoms with Gasteiger partial charge in [-0.2, -0.15) is 0 Å². The molecule has 15 heavy (non-hydrogen) atoms. The molecule has 1 saturated carbocycles. The van der Waals surface area contributed by atoms with E-state index < -0.39 is 5.97 Å². The first kappa shape index (κ1) is 12.5. The van der Waals surface area contributed by atoms with Gasteiger partial charge in [0.2, 0.25) is 0 Å². The summed E-state index contributed by atoms with van der Waals surface area (Å²) >= 11 is 0. The summed E-state index contributed by atoms with van der Waals surface area (Å²) in [5.41, 5.74) is 6.26. The summed E-state index contributed by atoms with van der Waals surface area (Å²) in [6, 6.07) is 0. The molecule has 0 spiro atoms. The van der Waals surface area contributed by atoms with E-state index in [4.69, 9.17) is 10.8 Å². The van der Waals surface area contributed by atoms with Crippen LogP contribution in [0.25, 0.3) is 0 Å². The van der Waals surface area contributed by atoms with Crippen LogP contribution in [0.5, 0.6) is 0 Å². The molecule has 0 aromatic carbocycles. The Balaban J connectivity index is 2.55. The van der Waals surface area contributed by atoms with Gasteiger partial charge >= 0.3 is 5.97 Å². The average molecular weight is 213 g/mol. The van der Waals surface area contributed by atoms with E-state index in [1.54, 1.807) is 0 Å². The van der Waals surface area contributed by atoms with E-state index in [0.717, 1.165) is 6.42 Å². The topological polar surface area (TPSA) is 63.3 Å². The molecular formula is C12H23NO2. The Labute approximate surface area is 92.0 Å². The van der Waals surface area contributed by atoms with Crippen LogP contribution in [0.3, 0.4) is 0 Å². The van der Waals surface area contributed by atoms with E-state index in [-0.39, 0.29) is 17.8 Å². The predicted molar refractivity (Wildman–Crippen MR) is 60.5 cm³/mol. The molecule has 1 aliphatic rings. The van der Waals surface area contributed by atoms with Crippen molar-refractivity contribution in [2.45, 2.75) is 46.5 Å². The highest BCUT2D eigenvalue weighted by Crippen LogP contribution is 2.59. The largest absolute Gasteiger partial charge is 0.481 e. The summed E-state index contributed by atoms with van der Waals surface area (Å²) in [4.78, 5) is 10.7. The minimum atomic E-state index is -0.730. The number of aliphatic carboxylic acids is 1. The van der Waals surface area contributed by atoms with E-state index in [1.807, 2.05) is 0 Å². The van der Waals surface area contributed by atoms with Crippen molar-refractivity contribution in [3.63, 3.8) is 0 Å². The highest BCUT2D eigenvalue weighted by Gasteiger charge is 2.49. The van der Waals surface area contributed by atoms with Gasteiger partial charge in [-0.1, -0.05) is 20.8 Å². The van der Waals surface area contributed by atoms with E-state index in [9.17, 15) is 4.79 Å². The van der Waals surface area contributed by atoms with Gasteiger partial charge in [-0.3, -0.25) is 4.79 Å². The smallest absolute Gasteiger partial charge is 0.303 e. The van der Waals surface area contributed by atoms with Crippen LogP contribution >= 0.6 is 0 Å². The van der Waals surface area contributed by atoms with Gasteiger partial charge in [-0.25, -0.2) is 0 Å². The second-order valence-corrected chi connectivity index (χ2v) is 5.85. The Bertz CT molecular complexity index is 250. The number of nitrogens with two attached hydrogens (primary N) is 1. The number of hydrogen-bond donors (Lipinski definition) is 2. The maximum atomic E-state index is 10.7. The van der Waals surface area contributed by atoms with E-state index in [0.29, 0.717) is 12.0 Å². The minimum Gasteiger partial charge on any atom is -0.481 e. The quantitative estimate of drug-likeness (QED) is 0.736. The first-order chi connectivity index (χ1) is 6.81. The average Bonchev–Trinajstić information content (AvgIpc) is 2.14. The lowest BCUT2D eigenvalue weighted by Gasteiger charge is -2.56. The lowest BCUT2D eigenvalue weighted by Crippen LogP contribution is -2.47. The molecule has 88 valence electrons. The third-order valence-corrected chi connectivity index (χ3v) is 4.47. The van der Waals surface area contributed by atoms with Gasteiger partial charge in [0.05, 0.1) is 0 Å². The van der Waals surface area contributed by atoms with Crippen molar-refractivity contribution >= 4 is 5.97 Å². The van der Waals surface area contributed by atoms with Crippen molar-refractivity contribution in [1.29, 1.82) is 0 Å². The SMILES string of the molecule is CC1(C)CC[C@@]1(C)CC(CN)CC(=O)O. The highest BCUT2D eigenvalue weighted by molar-refractivity contribution is 5.67. The predicted octanol–water partition coefficient (Wildman–Crippen LogP) is 2.25. The van der Waals surface area contributed by atoms with E-state index >= 15 is 0 Å². The van der Waals surface area contributed by atoms with Crippen LogP contribution in [-0.2, 0) is 4.79 Å². The lowest BCUT2D eigenvalue weighted by atomic mass is 9.49. The second kappa shape index (κ2) is 4.12. The standard InChI is InChI=1S/C12H23NO2/c1-11(2)4-5-12(11,3)7-9(8-13)6-10(14)15/h9H,4-8,13H2,1-3H3,(H,14,15)/t9?,12-/m0/s1. The van der Waals surface area contributed by atoms with Crippen molar-refractivity contribution in [3.8, 4) is 0 Å². The first-order valence-corrected chi connectivity index (χ1v) is 5.72. The van der Waals surface area contributed by atoms with Crippen molar-refractivity contribution in [1.82, 2.24) is 0 Å². The number of hydrogen-bond acceptors (Lipinski definition) is 2. The summed E-state index contributed by atoms with van der Waals surface area (Å²) in [6.45, 7) is 7.29. The molecule has 0 bridgehead atoms. The van der Waals surface area contributed by atoms with Crippen molar-refractivity contribution in [2.24, 2.45) is 22.5 Å². The van der Waals surface area contributed by atoms with Crippen LogP contribution in [-0.4, -0.2) is 17.6 Å². The molecule has 0 heterocycles. The molecule has 0 aromatic heterocycles. The Morgan fingerprint density at radius 2 is 2.00 bits per heavy atom. The number of carbonyl (C=O) groups is 1. The molecule has 1 aliphatic carbocycles. The van der Waals surface area contributed by atoms with Gasteiger partial charge in [0.1, 0.15) is 0 Å². The zero-order valence-corrected chi connectivity index (χ0v) is 10.0. The summed E-state index contributed by atoms with van der Waals surface area (Å²) in [5.74, 6) is -0.599. The Hall–Kier alpha value is -0.570. The highest BCUT2D eigenvalue weighted by atomic mass is 16.4. The van der Waals surface area contributed by atoms with Crippen LogP contribution in [0.2, 0.25) is 0 Å². The van der Waals surface area contributed by atoms with Gasteiger partial charge in [0, 0.05) is 6.42 Å². The molecule has 3 nitrogen and oxygen atoms in total. The van der Waals surface area contributed by atoms with Crippen LogP contribution in [0.15, 0.2) is 0 Å². The van der Waals surface area contributed by atoms with Crippen molar-refractivity contribution < 1.29 is 9.90 Å². The van der Waals surface area contributed by atoms with Gasteiger partial charge in [0.25, 0.3) is 0 Å². The fourth-order valence-electron chi connectivity index (χ4n) is 2.55. The second-order valence-electron chi connectivity index (χ2n) is 5.85. The molecule has 2 atom stereocenters. The zero-order chi connectivity index (χ0) is 11.7. The minimum absolute atomic E-state index is 0.132. The molecule has 3 N–H and O–H groups in total. The summed E-state index contributed by atoms with van der Waals surface area (Å²) in [6.07, 6.45) is 3.61. The molecule has 1 unspecified atom stereocenters. The zero-order valence-electron chi connectivity index (χ0n) is 10.0. The normalized spacial score (nSPS) is 30.7. The van der Waals surface area contributed by atoms with Gasteiger partial charge in [-0.15, -0.1) is 0 Å². The molecule has 0 radical (unpaired) electrons. The third kappa shape index (κ3) is 2.51. The number of rotatable bonds is 5. The molecule has 0 saturated heterocycles. The number of carboxylic acids is 1.